The van der Waals surface area contributed by atoms with Crippen LogP contribution in [0.3, 0.4) is 0 Å². The van der Waals surface area contributed by atoms with Crippen molar-refractivity contribution in [1.82, 2.24) is 9.97 Å². The molecule has 1 aromatic heterocycles. The molecule has 1 aliphatic heterocycles. The molecule has 2 fully saturated rings. The fourth-order valence-corrected chi connectivity index (χ4v) is 6.15. The number of ether oxygens (including phenoxy) is 3. The maximum Gasteiger partial charge on any atom is 0.241 e. The first-order valence-corrected chi connectivity index (χ1v) is 17.3. The molecule has 0 radical (unpaired) electrons. The molecule has 3 aliphatic rings. The van der Waals surface area contributed by atoms with Crippen LogP contribution in [0.25, 0.3) is 22.5 Å². The van der Waals surface area contributed by atoms with Gasteiger partial charge in [0, 0.05) is 29.9 Å². The molecule has 0 bridgehead atoms. The summed E-state index contributed by atoms with van der Waals surface area (Å²) < 4.78 is 18.2. The Labute approximate surface area is 258 Å². The lowest BCUT2D eigenvalue weighted by Crippen LogP contribution is -2.17. The van der Waals surface area contributed by atoms with Crippen LogP contribution in [0.15, 0.2) is 54.9 Å². The van der Waals surface area contributed by atoms with E-state index in [2.05, 4.69) is 22.1 Å². The van der Waals surface area contributed by atoms with Crippen LogP contribution >= 0.6 is 0 Å². The largest absolute Gasteiger partial charge is 0.494 e. The Kier molecular flexibility index (Phi) is 10.9. The van der Waals surface area contributed by atoms with Crippen molar-refractivity contribution in [3.8, 4) is 39.8 Å². The summed E-state index contributed by atoms with van der Waals surface area (Å²) in [5.41, 5.74) is 3.01. The third-order valence-corrected chi connectivity index (χ3v) is 9.28. The summed E-state index contributed by atoms with van der Waals surface area (Å²) in [5, 5.41) is 0. The van der Waals surface area contributed by atoms with Crippen LogP contribution in [0.4, 0.5) is 0 Å². The number of aromatic nitrogens is 2. The molecule has 230 valence electrons. The summed E-state index contributed by atoms with van der Waals surface area (Å²) in [6.45, 7) is 0.789. The molecule has 1 unspecified atom stereocenters. The van der Waals surface area contributed by atoms with E-state index in [0.29, 0.717) is 5.82 Å². The first-order valence-electron chi connectivity index (χ1n) is 17.3. The van der Waals surface area contributed by atoms with Crippen LogP contribution in [0, 0.1) is 11.8 Å². The first kappa shape index (κ1) is 30.0. The predicted molar refractivity (Wildman–Crippen MR) is 174 cm³/mol. The molecular weight excluding hydrogens is 532 g/mol. The van der Waals surface area contributed by atoms with Gasteiger partial charge in [0.2, 0.25) is 6.29 Å². The number of hydrogen-bond donors (Lipinski definition) is 0. The summed E-state index contributed by atoms with van der Waals surface area (Å²) in [4.78, 5) is 9.32. The van der Waals surface area contributed by atoms with Crippen LogP contribution in [-0.4, -0.2) is 22.9 Å². The SMILES string of the molecule is c1cc(-c2cnc(-c3ccc4c(c3)OC(CCCCCCCCCC3CC3)O4)nc2)ccc1OCCCCCCC1CC1. The van der Waals surface area contributed by atoms with Gasteiger partial charge in [0.05, 0.1) is 6.61 Å². The molecule has 5 nitrogen and oxygen atoms in total. The van der Waals surface area contributed by atoms with Crippen LogP contribution < -0.4 is 14.2 Å². The quantitative estimate of drug-likeness (QED) is 0.124. The molecule has 3 aromatic rings. The molecule has 0 spiro atoms. The number of unbranched alkanes of at least 4 members (excludes halogenated alkanes) is 9. The summed E-state index contributed by atoms with van der Waals surface area (Å²) in [5.74, 6) is 5.36. The van der Waals surface area contributed by atoms with Crippen molar-refractivity contribution in [3.05, 3.63) is 54.9 Å². The molecule has 43 heavy (non-hydrogen) atoms. The minimum Gasteiger partial charge on any atom is -0.494 e. The second-order valence-corrected chi connectivity index (χ2v) is 13.1. The molecule has 2 heterocycles. The van der Waals surface area contributed by atoms with Gasteiger partial charge in [0.1, 0.15) is 5.75 Å². The van der Waals surface area contributed by atoms with Crippen LogP contribution in [-0.2, 0) is 0 Å². The molecular formula is C38H50N2O3. The smallest absolute Gasteiger partial charge is 0.241 e. The van der Waals surface area contributed by atoms with E-state index >= 15 is 0 Å². The van der Waals surface area contributed by atoms with E-state index in [4.69, 9.17) is 14.2 Å². The fraction of sp³-hybridized carbons (Fsp3) is 0.579. The van der Waals surface area contributed by atoms with Crippen molar-refractivity contribution in [2.75, 3.05) is 6.61 Å². The van der Waals surface area contributed by atoms with Gasteiger partial charge in [-0.1, -0.05) is 108 Å². The molecule has 2 aliphatic carbocycles. The molecule has 0 amide bonds. The van der Waals surface area contributed by atoms with Gasteiger partial charge < -0.3 is 14.2 Å². The highest BCUT2D eigenvalue weighted by Crippen LogP contribution is 2.39. The van der Waals surface area contributed by atoms with Crippen molar-refractivity contribution < 1.29 is 14.2 Å². The minimum absolute atomic E-state index is 0.184. The van der Waals surface area contributed by atoms with E-state index in [-0.39, 0.29) is 6.29 Å². The summed E-state index contributed by atoms with van der Waals surface area (Å²) in [7, 11) is 0. The number of benzene rings is 2. The predicted octanol–water partition coefficient (Wildman–Crippen LogP) is 10.6. The fourth-order valence-electron chi connectivity index (χ4n) is 6.15. The second kappa shape index (κ2) is 15.6. The van der Waals surface area contributed by atoms with Gasteiger partial charge in [-0.05, 0) is 60.6 Å². The van der Waals surface area contributed by atoms with Gasteiger partial charge in [0.15, 0.2) is 17.3 Å². The average molecular weight is 583 g/mol. The molecule has 5 heteroatoms. The summed E-state index contributed by atoms with van der Waals surface area (Å²) in [6.07, 6.45) is 27.8. The van der Waals surface area contributed by atoms with Crippen molar-refractivity contribution in [3.63, 3.8) is 0 Å². The van der Waals surface area contributed by atoms with E-state index in [1.165, 1.54) is 96.3 Å². The Morgan fingerprint density at radius 2 is 1.12 bits per heavy atom. The Bertz CT molecular complexity index is 1250. The molecule has 6 rings (SSSR count). The number of hydrogen-bond acceptors (Lipinski definition) is 5. The third-order valence-electron chi connectivity index (χ3n) is 9.28. The van der Waals surface area contributed by atoms with Gasteiger partial charge >= 0.3 is 0 Å². The van der Waals surface area contributed by atoms with Crippen molar-refractivity contribution in [2.45, 2.75) is 122 Å². The van der Waals surface area contributed by atoms with Crippen LogP contribution in [0.5, 0.6) is 17.2 Å². The number of fused-ring (bicyclic) bond motifs is 1. The molecule has 0 saturated heterocycles. The van der Waals surface area contributed by atoms with Gasteiger partial charge in [-0.2, -0.15) is 0 Å². The Morgan fingerprint density at radius 1 is 0.558 bits per heavy atom. The lowest BCUT2D eigenvalue weighted by Gasteiger charge is -2.09. The number of nitrogens with zero attached hydrogens (tertiary/aromatic N) is 2. The van der Waals surface area contributed by atoms with E-state index in [9.17, 15) is 0 Å². The van der Waals surface area contributed by atoms with E-state index in [1.807, 2.05) is 42.7 Å². The zero-order chi connectivity index (χ0) is 29.1. The maximum absolute atomic E-state index is 6.13. The lowest BCUT2D eigenvalue weighted by atomic mass is 10.1. The van der Waals surface area contributed by atoms with E-state index < -0.39 is 0 Å². The van der Waals surface area contributed by atoms with Crippen molar-refractivity contribution in [2.24, 2.45) is 11.8 Å². The number of rotatable bonds is 20. The third kappa shape index (κ3) is 9.71. The first-order chi connectivity index (χ1) is 21.3. The van der Waals surface area contributed by atoms with Crippen molar-refractivity contribution >= 4 is 0 Å². The zero-order valence-corrected chi connectivity index (χ0v) is 26.0. The van der Waals surface area contributed by atoms with Crippen molar-refractivity contribution in [1.29, 1.82) is 0 Å². The summed E-state index contributed by atoms with van der Waals surface area (Å²) in [6, 6.07) is 14.3. The van der Waals surface area contributed by atoms with Gasteiger partial charge in [0.25, 0.3) is 0 Å². The highest BCUT2D eigenvalue weighted by Gasteiger charge is 2.24. The Hall–Kier alpha value is -3.08. The lowest BCUT2D eigenvalue weighted by molar-refractivity contribution is 0.0395. The molecule has 1 atom stereocenters. The normalized spacial score (nSPS) is 17.3. The highest BCUT2D eigenvalue weighted by atomic mass is 16.7. The Morgan fingerprint density at radius 3 is 1.77 bits per heavy atom. The molecule has 2 aromatic carbocycles. The van der Waals surface area contributed by atoms with Gasteiger partial charge in [-0.3, -0.25) is 0 Å². The molecule has 2 saturated carbocycles. The monoisotopic (exact) mass is 582 g/mol. The van der Waals surface area contributed by atoms with Gasteiger partial charge in [-0.25, -0.2) is 9.97 Å². The summed E-state index contributed by atoms with van der Waals surface area (Å²) >= 11 is 0. The minimum atomic E-state index is -0.184. The Balaban J connectivity index is 0.888. The maximum atomic E-state index is 6.13. The van der Waals surface area contributed by atoms with E-state index in [0.717, 1.165) is 71.6 Å². The van der Waals surface area contributed by atoms with Gasteiger partial charge in [-0.15, -0.1) is 0 Å². The topological polar surface area (TPSA) is 53.5 Å². The average Bonchev–Trinajstić information content (AvgIpc) is 3.98. The zero-order valence-electron chi connectivity index (χ0n) is 26.0. The van der Waals surface area contributed by atoms with E-state index in [1.54, 1.807) is 0 Å². The second-order valence-electron chi connectivity index (χ2n) is 13.1. The van der Waals surface area contributed by atoms with Crippen LogP contribution in [0.1, 0.15) is 116 Å². The highest BCUT2D eigenvalue weighted by molar-refractivity contribution is 5.66. The standard InChI is InChI=1S/C38H50N2O3/c1(2-4-8-12-29-15-16-29)3-5-10-14-37-42-35-24-21-32(26-36(35)43-37)38-39-27-33(28-40-38)31-19-22-34(23-20-31)41-25-11-7-6-9-13-30-17-18-30/h19-24,26-30,37H,1-18,25H2. The molecule has 0 N–H and O–H groups in total. The van der Waals surface area contributed by atoms with Crippen LogP contribution in [0.2, 0.25) is 0 Å².